The molecule has 31 heavy (non-hydrogen) atoms. The van der Waals surface area contributed by atoms with Crippen molar-refractivity contribution < 1.29 is 8.42 Å². The van der Waals surface area contributed by atoms with Gasteiger partial charge in [-0.3, -0.25) is 9.71 Å². The Morgan fingerprint density at radius 1 is 0.839 bits per heavy atom. The first kappa shape index (κ1) is 20.5. The highest BCUT2D eigenvalue weighted by molar-refractivity contribution is 7.92. The summed E-state index contributed by atoms with van der Waals surface area (Å²) in [6.45, 7) is 2.03. The summed E-state index contributed by atoms with van der Waals surface area (Å²) < 4.78 is 27.8. The summed E-state index contributed by atoms with van der Waals surface area (Å²) in [4.78, 5) is 12.8. The van der Waals surface area contributed by atoms with Crippen molar-refractivity contribution in [3.8, 4) is 11.3 Å². The number of hydrogen-bond donors (Lipinski definition) is 2. The van der Waals surface area contributed by atoms with Gasteiger partial charge in [0.15, 0.2) is 0 Å². The third-order valence-corrected chi connectivity index (χ3v) is 6.09. The molecule has 2 heterocycles. The Balaban J connectivity index is 1.46. The van der Waals surface area contributed by atoms with Gasteiger partial charge in [-0.1, -0.05) is 19.1 Å². The van der Waals surface area contributed by atoms with Gasteiger partial charge in [0.25, 0.3) is 10.0 Å². The van der Waals surface area contributed by atoms with Crippen LogP contribution in [0.4, 0.5) is 17.2 Å². The van der Waals surface area contributed by atoms with Crippen molar-refractivity contribution in [1.29, 1.82) is 0 Å². The molecule has 0 unspecified atom stereocenters. The Hall–Kier alpha value is -3.78. The zero-order chi connectivity index (χ0) is 21.7. The fraction of sp³-hybridized carbons (Fsp3) is 0.0870. The first-order chi connectivity index (χ1) is 15.0. The van der Waals surface area contributed by atoms with Crippen LogP contribution < -0.4 is 10.0 Å². The van der Waals surface area contributed by atoms with Crippen molar-refractivity contribution in [2.45, 2.75) is 18.2 Å². The molecule has 0 fully saturated rings. The normalized spacial score (nSPS) is 11.1. The summed E-state index contributed by atoms with van der Waals surface area (Å²) in [6, 6.07) is 19.4. The molecule has 0 aliphatic heterocycles. The van der Waals surface area contributed by atoms with Crippen LogP contribution in [-0.2, 0) is 16.4 Å². The molecule has 156 valence electrons. The monoisotopic (exact) mass is 431 g/mol. The SMILES string of the molecule is CCc1ccc(S(=O)(=O)Nc2ccc(Nc3cc(-c4ccncc4)ncn3)cc2)cc1. The number of anilines is 3. The standard InChI is InChI=1S/C23H21N5O2S/c1-2-17-3-9-21(10-4-17)31(29,30)28-20-7-5-19(6-8-20)27-23-15-22(25-16-26-23)18-11-13-24-14-12-18/h3-16,28H,2H2,1H3,(H,25,26,27). The number of pyridine rings is 1. The minimum absolute atomic E-state index is 0.233. The van der Waals surface area contributed by atoms with E-state index < -0.39 is 10.0 Å². The highest BCUT2D eigenvalue weighted by Gasteiger charge is 2.14. The number of aromatic nitrogens is 3. The molecule has 2 aromatic carbocycles. The molecule has 0 aliphatic rings. The lowest BCUT2D eigenvalue weighted by Crippen LogP contribution is -2.12. The van der Waals surface area contributed by atoms with Gasteiger partial charge < -0.3 is 5.32 Å². The second-order valence-electron chi connectivity index (χ2n) is 6.83. The Kier molecular flexibility index (Phi) is 5.90. The molecule has 0 bridgehead atoms. The molecule has 4 rings (SSSR count). The summed E-state index contributed by atoms with van der Waals surface area (Å²) in [7, 11) is -3.64. The van der Waals surface area contributed by atoms with Crippen LogP contribution in [0.5, 0.6) is 0 Å². The van der Waals surface area contributed by atoms with Gasteiger partial charge in [0, 0.05) is 35.4 Å². The lowest BCUT2D eigenvalue weighted by atomic mass is 10.2. The number of aryl methyl sites for hydroxylation is 1. The maximum absolute atomic E-state index is 12.6. The number of nitrogens with zero attached hydrogens (tertiary/aromatic N) is 3. The van der Waals surface area contributed by atoms with E-state index in [2.05, 4.69) is 25.0 Å². The molecule has 0 radical (unpaired) electrons. The van der Waals surface area contributed by atoms with Crippen molar-refractivity contribution in [1.82, 2.24) is 15.0 Å². The average molecular weight is 432 g/mol. The molecule has 0 saturated heterocycles. The Morgan fingerprint density at radius 2 is 1.52 bits per heavy atom. The minimum Gasteiger partial charge on any atom is -0.340 e. The van der Waals surface area contributed by atoms with Crippen molar-refractivity contribution >= 4 is 27.2 Å². The van der Waals surface area contributed by atoms with E-state index in [-0.39, 0.29) is 4.90 Å². The van der Waals surface area contributed by atoms with E-state index >= 15 is 0 Å². The van der Waals surface area contributed by atoms with Gasteiger partial charge in [0.05, 0.1) is 10.6 Å². The fourth-order valence-electron chi connectivity index (χ4n) is 2.99. The van der Waals surface area contributed by atoms with E-state index in [1.165, 1.54) is 6.33 Å². The maximum atomic E-state index is 12.6. The van der Waals surface area contributed by atoms with Crippen LogP contribution >= 0.6 is 0 Å². The second-order valence-corrected chi connectivity index (χ2v) is 8.51. The van der Waals surface area contributed by atoms with Crippen molar-refractivity contribution in [3.63, 3.8) is 0 Å². The average Bonchev–Trinajstić information content (AvgIpc) is 2.81. The molecule has 0 saturated carbocycles. The van der Waals surface area contributed by atoms with Crippen LogP contribution in [0.2, 0.25) is 0 Å². The van der Waals surface area contributed by atoms with E-state index in [1.807, 2.05) is 37.3 Å². The third kappa shape index (κ3) is 5.04. The lowest BCUT2D eigenvalue weighted by Gasteiger charge is -2.10. The van der Waals surface area contributed by atoms with Crippen LogP contribution in [0.25, 0.3) is 11.3 Å². The Labute approximate surface area is 181 Å². The number of benzene rings is 2. The predicted octanol–water partition coefficient (Wildman–Crippen LogP) is 4.65. The number of hydrogen-bond acceptors (Lipinski definition) is 6. The van der Waals surface area contributed by atoms with E-state index in [0.29, 0.717) is 11.5 Å². The fourth-order valence-corrected chi connectivity index (χ4v) is 4.05. The quantitative estimate of drug-likeness (QED) is 0.442. The molecular weight excluding hydrogens is 410 g/mol. The lowest BCUT2D eigenvalue weighted by molar-refractivity contribution is 0.601. The summed E-state index contributed by atoms with van der Waals surface area (Å²) in [5.41, 5.74) is 4.06. The predicted molar refractivity (Wildman–Crippen MR) is 122 cm³/mol. The van der Waals surface area contributed by atoms with Gasteiger partial charge in [-0.15, -0.1) is 0 Å². The number of nitrogens with one attached hydrogen (secondary N) is 2. The van der Waals surface area contributed by atoms with Gasteiger partial charge in [-0.05, 0) is 60.5 Å². The van der Waals surface area contributed by atoms with E-state index in [9.17, 15) is 8.42 Å². The zero-order valence-corrected chi connectivity index (χ0v) is 17.7. The van der Waals surface area contributed by atoms with Crippen LogP contribution in [0.15, 0.2) is 90.3 Å². The van der Waals surface area contributed by atoms with Crippen LogP contribution in [0.3, 0.4) is 0 Å². The molecule has 0 amide bonds. The molecule has 4 aromatic rings. The minimum atomic E-state index is -3.64. The van der Waals surface area contributed by atoms with E-state index in [0.717, 1.165) is 28.9 Å². The second kappa shape index (κ2) is 8.93. The van der Waals surface area contributed by atoms with Crippen molar-refractivity contribution in [2.24, 2.45) is 0 Å². The molecule has 8 heteroatoms. The molecule has 0 aliphatic carbocycles. The van der Waals surface area contributed by atoms with Gasteiger partial charge in [-0.25, -0.2) is 18.4 Å². The first-order valence-electron chi connectivity index (χ1n) is 9.75. The summed E-state index contributed by atoms with van der Waals surface area (Å²) in [6.07, 6.45) is 5.77. The molecule has 7 nitrogen and oxygen atoms in total. The molecule has 2 aromatic heterocycles. The van der Waals surface area contributed by atoms with E-state index in [4.69, 9.17) is 0 Å². The largest absolute Gasteiger partial charge is 0.340 e. The van der Waals surface area contributed by atoms with Crippen LogP contribution in [0.1, 0.15) is 12.5 Å². The summed E-state index contributed by atoms with van der Waals surface area (Å²) in [5.74, 6) is 0.631. The van der Waals surface area contributed by atoms with Gasteiger partial charge in [0.1, 0.15) is 12.1 Å². The first-order valence-corrected chi connectivity index (χ1v) is 11.2. The van der Waals surface area contributed by atoms with Gasteiger partial charge >= 0.3 is 0 Å². The summed E-state index contributed by atoms with van der Waals surface area (Å²) in [5, 5.41) is 3.20. The Morgan fingerprint density at radius 3 is 2.19 bits per heavy atom. The van der Waals surface area contributed by atoms with Crippen LogP contribution in [0, 0.1) is 0 Å². The van der Waals surface area contributed by atoms with Crippen molar-refractivity contribution in [3.05, 3.63) is 91.0 Å². The number of sulfonamides is 1. The highest BCUT2D eigenvalue weighted by atomic mass is 32.2. The smallest absolute Gasteiger partial charge is 0.261 e. The van der Waals surface area contributed by atoms with Crippen LogP contribution in [-0.4, -0.2) is 23.4 Å². The molecule has 0 atom stereocenters. The maximum Gasteiger partial charge on any atom is 0.261 e. The Bertz CT molecular complexity index is 1260. The van der Waals surface area contributed by atoms with Gasteiger partial charge in [-0.2, -0.15) is 0 Å². The molecule has 2 N–H and O–H groups in total. The zero-order valence-electron chi connectivity index (χ0n) is 16.9. The summed E-state index contributed by atoms with van der Waals surface area (Å²) >= 11 is 0. The topological polar surface area (TPSA) is 96.9 Å². The highest BCUT2D eigenvalue weighted by Crippen LogP contribution is 2.23. The molecular formula is C23H21N5O2S. The number of rotatable bonds is 7. The van der Waals surface area contributed by atoms with Gasteiger partial charge in [0.2, 0.25) is 0 Å². The van der Waals surface area contributed by atoms with Crippen molar-refractivity contribution in [2.75, 3.05) is 10.0 Å². The van der Waals surface area contributed by atoms with E-state index in [1.54, 1.807) is 48.8 Å². The molecule has 0 spiro atoms. The third-order valence-electron chi connectivity index (χ3n) is 4.69.